The number of rotatable bonds is 13. The summed E-state index contributed by atoms with van der Waals surface area (Å²) in [6.07, 6.45) is 2.48. The third-order valence-corrected chi connectivity index (χ3v) is 6.56. The molecule has 0 bridgehead atoms. The van der Waals surface area contributed by atoms with Gasteiger partial charge in [0.25, 0.3) is 6.55 Å². The van der Waals surface area contributed by atoms with Crippen LogP contribution in [-0.2, 0) is 23.9 Å². The van der Waals surface area contributed by atoms with E-state index in [1.54, 1.807) is 30.7 Å². The molecule has 0 aromatic heterocycles. The SMILES string of the molecule is CC(=O)N(CC(=O)N1CCOC2(CC2)C1)C(C)CCOCCN(C)C(=O)CN(C(C)C)C(F)F. The van der Waals surface area contributed by atoms with Gasteiger partial charge >= 0.3 is 0 Å². The number of morpholine rings is 1. The van der Waals surface area contributed by atoms with E-state index in [1.807, 2.05) is 6.92 Å². The van der Waals surface area contributed by atoms with E-state index in [1.165, 1.54) is 11.8 Å². The van der Waals surface area contributed by atoms with E-state index in [0.717, 1.165) is 17.7 Å². The average molecular weight is 491 g/mol. The van der Waals surface area contributed by atoms with Gasteiger partial charge in [0.1, 0.15) is 0 Å². The highest BCUT2D eigenvalue weighted by Crippen LogP contribution is 2.41. The lowest BCUT2D eigenvalue weighted by molar-refractivity contribution is -0.147. The Morgan fingerprint density at radius 3 is 2.35 bits per heavy atom. The first-order chi connectivity index (χ1) is 16.0. The van der Waals surface area contributed by atoms with Crippen molar-refractivity contribution in [1.82, 2.24) is 19.6 Å². The lowest BCUT2D eigenvalue weighted by atomic mass is 10.2. The highest BCUT2D eigenvalue weighted by atomic mass is 19.3. The Hall–Kier alpha value is -1.85. The molecule has 1 atom stereocenters. The van der Waals surface area contributed by atoms with Gasteiger partial charge in [-0.1, -0.05) is 0 Å². The second-order valence-electron chi connectivity index (χ2n) is 9.60. The molecule has 196 valence electrons. The zero-order chi connectivity index (χ0) is 25.5. The Labute approximate surface area is 201 Å². The lowest BCUT2D eigenvalue weighted by Gasteiger charge is -2.35. The van der Waals surface area contributed by atoms with Crippen LogP contribution < -0.4 is 0 Å². The number of halogens is 2. The van der Waals surface area contributed by atoms with Crippen molar-refractivity contribution in [1.29, 1.82) is 0 Å². The van der Waals surface area contributed by atoms with Crippen LogP contribution in [0.25, 0.3) is 0 Å². The first kappa shape index (κ1) is 28.4. The molecule has 0 aromatic carbocycles. The summed E-state index contributed by atoms with van der Waals surface area (Å²) in [6, 6.07) is -0.633. The number of amides is 3. The summed E-state index contributed by atoms with van der Waals surface area (Å²) in [5.74, 6) is -0.644. The zero-order valence-electron chi connectivity index (χ0n) is 21.1. The van der Waals surface area contributed by atoms with Gasteiger partial charge in [-0.2, -0.15) is 8.78 Å². The standard InChI is InChI=1S/C23H40F2N4O5/c1-17(2)28(22(24)25)14-20(31)26(5)9-12-33-11-6-18(3)29(19(4)30)15-21(32)27-10-13-34-23(16-27)7-8-23/h17-18,22H,6-16H2,1-5H3. The summed E-state index contributed by atoms with van der Waals surface area (Å²) in [6.45, 7) is 6.08. The van der Waals surface area contributed by atoms with Crippen LogP contribution >= 0.6 is 0 Å². The van der Waals surface area contributed by atoms with Crippen molar-refractivity contribution in [3.63, 3.8) is 0 Å². The Morgan fingerprint density at radius 1 is 1.12 bits per heavy atom. The first-order valence-corrected chi connectivity index (χ1v) is 12.0. The lowest BCUT2D eigenvalue weighted by Crippen LogP contribution is -2.52. The predicted molar refractivity (Wildman–Crippen MR) is 122 cm³/mol. The van der Waals surface area contributed by atoms with Crippen LogP contribution in [0.1, 0.15) is 47.0 Å². The molecule has 1 aliphatic carbocycles. The highest BCUT2D eigenvalue weighted by Gasteiger charge is 2.48. The maximum Gasteiger partial charge on any atom is 0.295 e. The number of carbonyl (C=O) groups is 3. The monoisotopic (exact) mass is 490 g/mol. The number of hydrogen-bond donors (Lipinski definition) is 0. The van der Waals surface area contributed by atoms with Gasteiger partial charge < -0.3 is 24.2 Å². The molecule has 9 nitrogen and oxygen atoms in total. The summed E-state index contributed by atoms with van der Waals surface area (Å²) in [4.78, 5) is 42.7. The molecule has 0 aromatic rings. The summed E-state index contributed by atoms with van der Waals surface area (Å²) in [5.41, 5.74) is -0.157. The Balaban J connectivity index is 1.69. The summed E-state index contributed by atoms with van der Waals surface area (Å²) in [7, 11) is 1.55. The van der Waals surface area contributed by atoms with E-state index in [2.05, 4.69) is 0 Å². The van der Waals surface area contributed by atoms with Crippen LogP contribution in [0.5, 0.6) is 0 Å². The first-order valence-electron chi connectivity index (χ1n) is 12.0. The molecule has 34 heavy (non-hydrogen) atoms. The van der Waals surface area contributed by atoms with Gasteiger partial charge in [-0.3, -0.25) is 14.4 Å². The summed E-state index contributed by atoms with van der Waals surface area (Å²) >= 11 is 0. The van der Waals surface area contributed by atoms with Gasteiger partial charge in [0, 0.05) is 52.3 Å². The van der Waals surface area contributed by atoms with E-state index >= 15 is 0 Å². The van der Waals surface area contributed by atoms with Gasteiger partial charge in [0.15, 0.2) is 0 Å². The van der Waals surface area contributed by atoms with Crippen molar-refractivity contribution in [2.24, 2.45) is 0 Å². The van der Waals surface area contributed by atoms with Crippen molar-refractivity contribution in [3.05, 3.63) is 0 Å². The topological polar surface area (TPSA) is 82.6 Å². The molecule has 2 aliphatic rings. The second-order valence-corrected chi connectivity index (χ2v) is 9.60. The minimum absolute atomic E-state index is 0.0281. The van der Waals surface area contributed by atoms with Gasteiger partial charge in [-0.15, -0.1) is 0 Å². The van der Waals surface area contributed by atoms with Crippen molar-refractivity contribution in [2.75, 3.05) is 59.6 Å². The third kappa shape index (κ3) is 8.42. The summed E-state index contributed by atoms with van der Waals surface area (Å²) in [5, 5.41) is 0. The normalized spacial score (nSPS) is 18.0. The van der Waals surface area contributed by atoms with Gasteiger partial charge in [-0.25, -0.2) is 4.90 Å². The number of nitrogens with zero attached hydrogens (tertiary/aromatic N) is 4. The Kier molecular flexibility index (Phi) is 10.6. The number of carbonyl (C=O) groups excluding carboxylic acids is 3. The van der Waals surface area contributed by atoms with Crippen molar-refractivity contribution >= 4 is 17.7 Å². The third-order valence-electron chi connectivity index (χ3n) is 6.56. The maximum atomic E-state index is 13.0. The number of ether oxygens (including phenoxy) is 2. The van der Waals surface area contributed by atoms with Crippen molar-refractivity contribution < 1.29 is 32.6 Å². The largest absolute Gasteiger partial charge is 0.380 e. The fraction of sp³-hybridized carbons (Fsp3) is 0.870. The number of alkyl halides is 2. The fourth-order valence-electron chi connectivity index (χ4n) is 3.91. The van der Waals surface area contributed by atoms with Crippen LogP contribution in [0.4, 0.5) is 8.78 Å². The van der Waals surface area contributed by atoms with Gasteiger partial charge in [0.2, 0.25) is 17.7 Å². The molecule has 0 radical (unpaired) electrons. The molecular formula is C23H40F2N4O5. The molecule has 0 N–H and O–H groups in total. The molecule has 1 saturated carbocycles. The maximum absolute atomic E-state index is 13.0. The number of likely N-dealkylation sites (N-methyl/N-ethyl adjacent to an activating group) is 1. The van der Waals surface area contributed by atoms with Crippen molar-refractivity contribution in [2.45, 2.75) is 71.2 Å². The van der Waals surface area contributed by atoms with Crippen LogP contribution in [0, 0.1) is 0 Å². The van der Waals surface area contributed by atoms with Gasteiger partial charge in [-0.05, 0) is 40.0 Å². The van der Waals surface area contributed by atoms with E-state index in [0.29, 0.717) is 32.7 Å². The molecule has 2 rings (SSSR count). The van der Waals surface area contributed by atoms with E-state index < -0.39 is 18.5 Å². The number of hydrogen-bond acceptors (Lipinski definition) is 6. The molecule has 1 saturated heterocycles. The molecule has 1 unspecified atom stereocenters. The smallest absolute Gasteiger partial charge is 0.295 e. The molecule has 1 heterocycles. The minimum Gasteiger partial charge on any atom is -0.380 e. The van der Waals surface area contributed by atoms with Crippen molar-refractivity contribution in [3.8, 4) is 0 Å². The van der Waals surface area contributed by atoms with Crippen LogP contribution in [0.2, 0.25) is 0 Å². The fourth-order valence-corrected chi connectivity index (χ4v) is 3.91. The highest BCUT2D eigenvalue weighted by molar-refractivity contribution is 5.84. The molecule has 11 heteroatoms. The molecule has 3 amide bonds. The zero-order valence-corrected chi connectivity index (χ0v) is 21.1. The Morgan fingerprint density at radius 2 is 1.79 bits per heavy atom. The second kappa shape index (κ2) is 12.7. The molecular weight excluding hydrogens is 450 g/mol. The average Bonchev–Trinajstić information content (AvgIpc) is 3.51. The van der Waals surface area contributed by atoms with Crippen LogP contribution in [-0.4, -0.2) is 121 Å². The Bertz CT molecular complexity index is 697. The van der Waals surface area contributed by atoms with Crippen LogP contribution in [0.3, 0.4) is 0 Å². The quantitative estimate of drug-likeness (QED) is 0.287. The van der Waals surface area contributed by atoms with E-state index in [-0.39, 0.29) is 49.7 Å². The predicted octanol–water partition coefficient (Wildman–Crippen LogP) is 1.41. The summed E-state index contributed by atoms with van der Waals surface area (Å²) < 4.78 is 37.4. The molecule has 1 aliphatic heterocycles. The van der Waals surface area contributed by atoms with Gasteiger partial charge in [0.05, 0.1) is 31.9 Å². The van der Waals surface area contributed by atoms with E-state index in [4.69, 9.17) is 9.47 Å². The minimum atomic E-state index is -2.69. The van der Waals surface area contributed by atoms with Crippen LogP contribution in [0.15, 0.2) is 0 Å². The molecule has 2 fully saturated rings. The molecule has 1 spiro atoms. The van der Waals surface area contributed by atoms with E-state index in [9.17, 15) is 23.2 Å².